The molecule has 1 fully saturated rings. The third-order valence-corrected chi connectivity index (χ3v) is 3.42. The van der Waals surface area contributed by atoms with Crippen LogP contribution in [-0.4, -0.2) is 30.1 Å². The van der Waals surface area contributed by atoms with Crippen molar-refractivity contribution in [2.45, 2.75) is 12.8 Å². The Bertz CT molecular complexity index is 396. The fraction of sp³-hybridized carbons (Fsp3) is 0.583. The molecule has 0 saturated carbocycles. The first-order chi connectivity index (χ1) is 8.16. The normalized spacial score (nSPS) is 17.1. The van der Waals surface area contributed by atoms with Crippen LogP contribution in [-0.2, 0) is 7.05 Å². The van der Waals surface area contributed by atoms with Crippen LogP contribution < -0.4 is 10.6 Å². The number of hydrogen-bond acceptors (Lipinski definition) is 2. The molecule has 1 aliphatic heterocycles. The maximum absolute atomic E-state index is 11.9. The number of rotatable bonds is 3. The Morgan fingerprint density at radius 3 is 2.88 bits per heavy atom. The summed E-state index contributed by atoms with van der Waals surface area (Å²) in [6.45, 7) is 2.86. The molecule has 2 rings (SSSR count). The molecule has 2 N–H and O–H groups in total. The average molecular weight is 256 g/mol. The molecule has 0 aromatic carbocycles. The summed E-state index contributed by atoms with van der Waals surface area (Å²) >= 11 is 5.85. The lowest BCUT2D eigenvalue weighted by molar-refractivity contribution is 0.0936. The van der Waals surface area contributed by atoms with Crippen molar-refractivity contribution < 1.29 is 4.79 Å². The van der Waals surface area contributed by atoms with E-state index in [1.807, 2.05) is 7.05 Å². The second-order valence-electron chi connectivity index (χ2n) is 4.56. The Morgan fingerprint density at radius 2 is 2.29 bits per heavy atom. The molecular weight excluding hydrogens is 238 g/mol. The zero-order chi connectivity index (χ0) is 12.3. The van der Waals surface area contributed by atoms with E-state index in [2.05, 4.69) is 10.6 Å². The van der Waals surface area contributed by atoms with Crippen LogP contribution in [0.15, 0.2) is 12.3 Å². The van der Waals surface area contributed by atoms with E-state index < -0.39 is 0 Å². The highest BCUT2D eigenvalue weighted by molar-refractivity contribution is 6.31. The summed E-state index contributed by atoms with van der Waals surface area (Å²) in [6, 6.07) is 1.69. The molecule has 1 aromatic heterocycles. The number of aromatic nitrogens is 1. The SMILES string of the molecule is Cn1cc(Cl)cc1C(=O)NCC1CCNCC1. The predicted molar refractivity (Wildman–Crippen MR) is 68.3 cm³/mol. The highest BCUT2D eigenvalue weighted by Gasteiger charge is 2.16. The van der Waals surface area contributed by atoms with Crippen molar-refractivity contribution in [2.75, 3.05) is 19.6 Å². The minimum Gasteiger partial charge on any atom is -0.350 e. The average Bonchev–Trinajstić information content (AvgIpc) is 2.67. The maximum Gasteiger partial charge on any atom is 0.267 e. The molecule has 1 aliphatic rings. The summed E-state index contributed by atoms with van der Waals surface area (Å²) in [5.74, 6) is 0.550. The van der Waals surface area contributed by atoms with Gasteiger partial charge in [0.05, 0.1) is 5.02 Å². The Hall–Kier alpha value is -1.00. The number of nitrogens with one attached hydrogen (secondary N) is 2. The smallest absolute Gasteiger partial charge is 0.267 e. The van der Waals surface area contributed by atoms with Crippen molar-refractivity contribution in [2.24, 2.45) is 13.0 Å². The van der Waals surface area contributed by atoms with E-state index in [4.69, 9.17) is 11.6 Å². The van der Waals surface area contributed by atoms with E-state index >= 15 is 0 Å². The molecule has 0 spiro atoms. The Labute approximate surface area is 106 Å². The number of aryl methyl sites for hydroxylation is 1. The summed E-state index contributed by atoms with van der Waals surface area (Å²) < 4.78 is 1.75. The van der Waals surface area contributed by atoms with E-state index in [1.54, 1.807) is 16.8 Å². The summed E-state index contributed by atoms with van der Waals surface area (Å²) in [5.41, 5.74) is 0.615. The summed E-state index contributed by atoms with van der Waals surface area (Å²) in [5, 5.41) is 6.89. The predicted octanol–water partition coefficient (Wildman–Crippen LogP) is 1.41. The van der Waals surface area contributed by atoms with E-state index in [0.717, 1.165) is 32.5 Å². The Balaban J connectivity index is 1.86. The van der Waals surface area contributed by atoms with Gasteiger partial charge in [-0.3, -0.25) is 4.79 Å². The van der Waals surface area contributed by atoms with E-state index in [1.165, 1.54) is 0 Å². The van der Waals surface area contributed by atoms with Crippen molar-refractivity contribution in [3.05, 3.63) is 23.0 Å². The third kappa shape index (κ3) is 3.23. The van der Waals surface area contributed by atoms with Gasteiger partial charge >= 0.3 is 0 Å². The van der Waals surface area contributed by atoms with Crippen molar-refractivity contribution in [1.29, 1.82) is 0 Å². The van der Waals surface area contributed by atoms with Gasteiger partial charge in [-0.1, -0.05) is 11.6 Å². The van der Waals surface area contributed by atoms with Crippen molar-refractivity contribution in [3.8, 4) is 0 Å². The van der Waals surface area contributed by atoms with Gasteiger partial charge in [0.2, 0.25) is 0 Å². The van der Waals surface area contributed by atoms with Gasteiger partial charge in [-0.25, -0.2) is 0 Å². The molecule has 0 radical (unpaired) electrons. The maximum atomic E-state index is 11.9. The lowest BCUT2D eigenvalue weighted by Crippen LogP contribution is -2.36. The van der Waals surface area contributed by atoms with Gasteiger partial charge in [0, 0.05) is 19.8 Å². The summed E-state index contributed by atoms with van der Waals surface area (Å²) in [4.78, 5) is 11.9. The molecule has 4 nitrogen and oxygen atoms in total. The molecule has 17 heavy (non-hydrogen) atoms. The first kappa shape index (κ1) is 12.5. The van der Waals surface area contributed by atoms with E-state index in [0.29, 0.717) is 16.6 Å². The van der Waals surface area contributed by atoms with Crippen LogP contribution in [0.3, 0.4) is 0 Å². The first-order valence-electron chi connectivity index (χ1n) is 5.97. The number of halogens is 1. The molecule has 2 heterocycles. The van der Waals surface area contributed by atoms with Crippen LogP contribution in [0.2, 0.25) is 5.02 Å². The third-order valence-electron chi connectivity index (χ3n) is 3.21. The van der Waals surface area contributed by atoms with Crippen LogP contribution >= 0.6 is 11.6 Å². The lowest BCUT2D eigenvalue weighted by Gasteiger charge is -2.22. The molecule has 0 unspecified atom stereocenters. The molecule has 0 bridgehead atoms. The number of nitrogens with zero attached hydrogens (tertiary/aromatic N) is 1. The molecule has 1 aromatic rings. The van der Waals surface area contributed by atoms with Crippen LogP contribution in [0.1, 0.15) is 23.3 Å². The van der Waals surface area contributed by atoms with Crippen LogP contribution in [0.4, 0.5) is 0 Å². The number of amides is 1. The van der Waals surface area contributed by atoms with Crippen molar-refractivity contribution >= 4 is 17.5 Å². The highest BCUT2D eigenvalue weighted by atomic mass is 35.5. The molecule has 5 heteroatoms. The van der Waals surface area contributed by atoms with Crippen LogP contribution in [0.25, 0.3) is 0 Å². The fourth-order valence-electron chi connectivity index (χ4n) is 2.16. The lowest BCUT2D eigenvalue weighted by atomic mass is 9.98. The Kier molecular flexibility index (Phi) is 4.07. The fourth-order valence-corrected chi connectivity index (χ4v) is 2.41. The van der Waals surface area contributed by atoms with Gasteiger partial charge in [0.1, 0.15) is 5.69 Å². The monoisotopic (exact) mass is 255 g/mol. The van der Waals surface area contributed by atoms with Gasteiger partial charge in [-0.2, -0.15) is 0 Å². The number of carbonyl (C=O) groups excluding carboxylic acids is 1. The minimum absolute atomic E-state index is 0.0436. The molecule has 1 saturated heterocycles. The number of hydrogen-bond donors (Lipinski definition) is 2. The van der Waals surface area contributed by atoms with Gasteiger partial charge in [0.15, 0.2) is 0 Å². The van der Waals surface area contributed by atoms with Gasteiger partial charge in [-0.15, -0.1) is 0 Å². The second-order valence-corrected chi connectivity index (χ2v) is 4.99. The minimum atomic E-state index is -0.0436. The van der Waals surface area contributed by atoms with Crippen molar-refractivity contribution in [3.63, 3.8) is 0 Å². The molecule has 0 aliphatic carbocycles. The first-order valence-corrected chi connectivity index (χ1v) is 6.35. The highest BCUT2D eigenvalue weighted by Crippen LogP contribution is 2.13. The standard InChI is InChI=1S/C12H18ClN3O/c1-16-8-10(13)6-11(16)12(17)15-7-9-2-4-14-5-3-9/h6,8-9,14H,2-5,7H2,1H3,(H,15,17). The second kappa shape index (κ2) is 5.56. The zero-order valence-electron chi connectivity index (χ0n) is 10.0. The van der Waals surface area contributed by atoms with Crippen molar-refractivity contribution in [1.82, 2.24) is 15.2 Å². The molecular formula is C12H18ClN3O. The van der Waals surface area contributed by atoms with Crippen LogP contribution in [0.5, 0.6) is 0 Å². The zero-order valence-corrected chi connectivity index (χ0v) is 10.8. The van der Waals surface area contributed by atoms with E-state index in [-0.39, 0.29) is 5.91 Å². The molecule has 94 valence electrons. The topological polar surface area (TPSA) is 46.1 Å². The Morgan fingerprint density at radius 1 is 1.59 bits per heavy atom. The van der Waals surface area contributed by atoms with E-state index in [9.17, 15) is 4.79 Å². The van der Waals surface area contributed by atoms with Gasteiger partial charge in [-0.05, 0) is 37.9 Å². The van der Waals surface area contributed by atoms with Gasteiger partial charge in [0.25, 0.3) is 5.91 Å². The largest absolute Gasteiger partial charge is 0.350 e. The molecule has 1 amide bonds. The molecule has 0 atom stereocenters. The summed E-state index contributed by atoms with van der Waals surface area (Å²) in [6.07, 6.45) is 4.00. The number of carbonyl (C=O) groups is 1. The summed E-state index contributed by atoms with van der Waals surface area (Å²) in [7, 11) is 1.82. The van der Waals surface area contributed by atoms with Gasteiger partial charge < -0.3 is 15.2 Å². The van der Waals surface area contributed by atoms with Crippen LogP contribution in [0, 0.1) is 5.92 Å². The quantitative estimate of drug-likeness (QED) is 0.858. The number of piperidine rings is 1.